The largest absolute Gasteiger partial charge is 0.505 e. The Morgan fingerprint density at radius 1 is 1.10 bits per heavy atom. The molecule has 30 heavy (non-hydrogen) atoms. The third-order valence-corrected chi connectivity index (χ3v) is 5.49. The quantitative estimate of drug-likeness (QED) is 0.612. The standard InChI is InChI=1S/C22H20F3NO4/c1-4-10(2)17(22(29)30)18-11(3)26(15-7-8-16(27)20(25)19(15)18)21(28)12-5-6-13(23)14(24)9-12/h5-10,17,27H,4H2,1-3H3,(H,29,30)/t10?,17-/m1/s1. The second-order valence-corrected chi connectivity index (χ2v) is 7.26. The van der Waals surface area contributed by atoms with Crippen LogP contribution in [0.3, 0.4) is 0 Å². The molecule has 1 heterocycles. The molecule has 2 aromatic carbocycles. The lowest BCUT2D eigenvalue weighted by Crippen LogP contribution is -2.21. The van der Waals surface area contributed by atoms with Crippen LogP contribution in [0, 0.1) is 30.3 Å². The first-order chi connectivity index (χ1) is 14.1. The first kappa shape index (κ1) is 21.4. The van der Waals surface area contributed by atoms with Gasteiger partial charge in [-0.3, -0.25) is 14.2 Å². The van der Waals surface area contributed by atoms with Crippen LogP contribution in [0.2, 0.25) is 0 Å². The zero-order valence-electron chi connectivity index (χ0n) is 16.5. The molecule has 0 aliphatic heterocycles. The van der Waals surface area contributed by atoms with Gasteiger partial charge in [-0.15, -0.1) is 0 Å². The van der Waals surface area contributed by atoms with Gasteiger partial charge >= 0.3 is 5.97 Å². The van der Waals surface area contributed by atoms with Crippen molar-refractivity contribution in [2.75, 3.05) is 0 Å². The smallest absolute Gasteiger partial charge is 0.311 e. The normalized spacial score (nSPS) is 13.4. The van der Waals surface area contributed by atoms with Crippen molar-refractivity contribution in [3.8, 4) is 5.75 Å². The number of fused-ring (bicyclic) bond motifs is 1. The van der Waals surface area contributed by atoms with E-state index in [1.807, 2.05) is 0 Å². The van der Waals surface area contributed by atoms with E-state index in [4.69, 9.17) is 0 Å². The van der Waals surface area contributed by atoms with E-state index in [1.54, 1.807) is 13.8 Å². The van der Waals surface area contributed by atoms with E-state index in [0.29, 0.717) is 6.42 Å². The third kappa shape index (κ3) is 3.32. The van der Waals surface area contributed by atoms with Gasteiger partial charge in [0, 0.05) is 16.6 Å². The summed E-state index contributed by atoms with van der Waals surface area (Å²) < 4.78 is 43.0. The van der Waals surface area contributed by atoms with Gasteiger partial charge in [-0.2, -0.15) is 0 Å². The van der Waals surface area contributed by atoms with Crippen molar-refractivity contribution >= 4 is 22.8 Å². The average molecular weight is 419 g/mol. The summed E-state index contributed by atoms with van der Waals surface area (Å²) in [5, 5.41) is 19.5. The molecule has 5 nitrogen and oxygen atoms in total. The van der Waals surface area contributed by atoms with Crippen LogP contribution in [0.4, 0.5) is 13.2 Å². The van der Waals surface area contributed by atoms with Gasteiger partial charge in [0.05, 0.1) is 11.4 Å². The Morgan fingerprint density at radius 3 is 2.33 bits per heavy atom. The number of aliphatic carboxylic acids is 1. The average Bonchev–Trinajstić information content (AvgIpc) is 2.98. The number of hydrogen-bond acceptors (Lipinski definition) is 3. The first-order valence-electron chi connectivity index (χ1n) is 9.35. The summed E-state index contributed by atoms with van der Waals surface area (Å²) in [5.41, 5.74) is 0.0551. The van der Waals surface area contributed by atoms with Crippen molar-refractivity contribution in [3.63, 3.8) is 0 Å². The van der Waals surface area contributed by atoms with Crippen molar-refractivity contribution in [2.45, 2.75) is 33.1 Å². The number of hydrogen-bond donors (Lipinski definition) is 2. The maximum Gasteiger partial charge on any atom is 0.311 e. The van der Waals surface area contributed by atoms with Crippen molar-refractivity contribution in [3.05, 3.63) is 64.6 Å². The molecular weight excluding hydrogens is 399 g/mol. The number of benzene rings is 2. The minimum atomic E-state index is -1.22. The van der Waals surface area contributed by atoms with E-state index in [0.717, 1.165) is 28.8 Å². The minimum absolute atomic E-state index is 0.0297. The Labute approximate surface area is 170 Å². The molecule has 0 spiro atoms. The summed E-state index contributed by atoms with van der Waals surface area (Å²) in [5.74, 6) is -7.60. The lowest BCUT2D eigenvalue weighted by Gasteiger charge is -2.20. The van der Waals surface area contributed by atoms with Crippen LogP contribution in [-0.4, -0.2) is 26.7 Å². The number of phenols is 1. The highest BCUT2D eigenvalue weighted by Gasteiger charge is 2.34. The predicted molar refractivity (Wildman–Crippen MR) is 104 cm³/mol. The topological polar surface area (TPSA) is 79.5 Å². The molecule has 1 unspecified atom stereocenters. The van der Waals surface area contributed by atoms with Crippen LogP contribution in [0.25, 0.3) is 10.9 Å². The summed E-state index contributed by atoms with van der Waals surface area (Å²) in [6.07, 6.45) is 0.473. The Morgan fingerprint density at radius 2 is 1.77 bits per heavy atom. The Balaban J connectivity index is 2.38. The van der Waals surface area contributed by atoms with Crippen LogP contribution in [0.5, 0.6) is 5.75 Å². The Kier molecular flexibility index (Phi) is 5.61. The third-order valence-electron chi connectivity index (χ3n) is 5.49. The first-order valence-corrected chi connectivity index (χ1v) is 9.35. The lowest BCUT2D eigenvalue weighted by molar-refractivity contribution is -0.140. The number of carboxylic acid groups (broad SMARTS) is 1. The van der Waals surface area contributed by atoms with Crippen molar-refractivity contribution in [2.24, 2.45) is 5.92 Å². The molecule has 0 saturated heterocycles. The molecule has 0 radical (unpaired) electrons. The van der Waals surface area contributed by atoms with Crippen molar-refractivity contribution in [1.82, 2.24) is 4.57 Å². The van der Waals surface area contributed by atoms with Crippen molar-refractivity contribution < 1.29 is 33.0 Å². The second-order valence-electron chi connectivity index (χ2n) is 7.26. The molecule has 3 aromatic rings. The zero-order chi connectivity index (χ0) is 22.3. The highest BCUT2D eigenvalue weighted by Crippen LogP contribution is 2.40. The molecular formula is C22H20F3NO4. The van der Waals surface area contributed by atoms with E-state index in [2.05, 4.69) is 0 Å². The molecule has 0 fully saturated rings. The molecule has 8 heteroatoms. The van der Waals surface area contributed by atoms with E-state index in [9.17, 15) is 33.0 Å². The van der Waals surface area contributed by atoms with Gasteiger partial charge in [0.25, 0.3) is 5.91 Å². The lowest BCUT2D eigenvalue weighted by atomic mass is 9.84. The number of carbonyl (C=O) groups excluding carboxylic acids is 1. The SMILES string of the molecule is CCC(C)[C@@H](C(=O)O)c1c(C)n(C(=O)c2ccc(F)c(F)c2)c2ccc(O)c(F)c12. The molecule has 1 aromatic heterocycles. The number of phenolic OH excluding ortho intramolecular Hbond substituents is 1. The van der Waals surface area contributed by atoms with E-state index >= 15 is 0 Å². The molecule has 0 aliphatic carbocycles. The van der Waals surface area contributed by atoms with Gasteiger partial charge in [0.1, 0.15) is 0 Å². The fourth-order valence-electron chi connectivity index (χ4n) is 3.77. The number of carboxylic acids is 1. The molecule has 158 valence electrons. The predicted octanol–water partition coefficient (Wildman–Crippen LogP) is 4.98. The van der Waals surface area contributed by atoms with Crippen LogP contribution >= 0.6 is 0 Å². The number of nitrogens with zero attached hydrogens (tertiary/aromatic N) is 1. The second kappa shape index (κ2) is 7.85. The monoisotopic (exact) mass is 419 g/mol. The molecule has 0 aliphatic rings. The maximum absolute atomic E-state index is 14.9. The number of halogens is 3. The summed E-state index contributed by atoms with van der Waals surface area (Å²) in [4.78, 5) is 25.2. The van der Waals surface area contributed by atoms with Gasteiger partial charge in [-0.25, -0.2) is 13.2 Å². The van der Waals surface area contributed by atoms with Gasteiger partial charge in [-0.05, 0) is 48.7 Å². The summed E-state index contributed by atoms with van der Waals surface area (Å²) in [6, 6.07) is 4.96. The summed E-state index contributed by atoms with van der Waals surface area (Å²) in [7, 11) is 0. The van der Waals surface area contributed by atoms with Crippen LogP contribution in [0.1, 0.15) is 47.8 Å². The maximum atomic E-state index is 14.9. The molecule has 0 saturated carbocycles. The van der Waals surface area contributed by atoms with Gasteiger partial charge in [0.2, 0.25) is 0 Å². The van der Waals surface area contributed by atoms with Gasteiger partial charge in [-0.1, -0.05) is 20.3 Å². The Bertz CT molecular complexity index is 1170. The highest BCUT2D eigenvalue weighted by molar-refractivity contribution is 6.05. The molecule has 2 atom stereocenters. The molecule has 0 amide bonds. The zero-order valence-corrected chi connectivity index (χ0v) is 16.5. The van der Waals surface area contributed by atoms with Crippen LogP contribution < -0.4 is 0 Å². The number of rotatable bonds is 5. The minimum Gasteiger partial charge on any atom is -0.505 e. The molecule has 3 rings (SSSR count). The van der Waals surface area contributed by atoms with E-state index in [1.165, 1.54) is 13.0 Å². The summed E-state index contributed by atoms with van der Waals surface area (Å²) in [6.45, 7) is 4.94. The molecule has 0 bridgehead atoms. The van der Waals surface area contributed by atoms with Gasteiger partial charge < -0.3 is 10.2 Å². The number of carbonyl (C=O) groups is 2. The number of aromatic hydroxyl groups is 1. The van der Waals surface area contributed by atoms with Crippen molar-refractivity contribution in [1.29, 1.82) is 0 Å². The van der Waals surface area contributed by atoms with E-state index < -0.39 is 46.9 Å². The number of aromatic nitrogens is 1. The highest BCUT2D eigenvalue weighted by atomic mass is 19.2. The van der Waals surface area contributed by atoms with Crippen LogP contribution in [0.15, 0.2) is 30.3 Å². The fraction of sp³-hybridized carbons (Fsp3) is 0.273. The van der Waals surface area contributed by atoms with E-state index in [-0.39, 0.29) is 27.7 Å². The van der Waals surface area contributed by atoms with Crippen LogP contribution in [-0.2, 0) is 4.79 Å². The molecule has 2 N–H and O–H groups in total. The Hall–Kier alpha value is -3.29. The summed E-state index contributed by atoms with van der Waals surface area (Å²) >= 11 is 0. The van der Waals surface area contributed by atoms with Gasteiger partial charge in [0.15, 0.2) is 23.2 Å². The fourth-order valence-corrected chi connectivity index (χ4v) is 3.77.